The lowest BCUT2D eigenvalue weighted by molar-refractivity contribution is 1.27. The molecule has 2 rings (SSSR count). The molecule has 0 fully saturated rings. The summed E-state index contributed by atoms with van der Waals surface area (Å²) in [6.07, 6.45) is 0. The summed E-state index contributed by atoms with van der Waals surface area (Å²) in [5, 5.41) is 36.1. The van der Waals surface area contributed by atoms with Crippen LogP contribution in [-0.2, 0) is 0 Å². The Labute approximate surface area is 130 Å². The number of allylic oxidation sites excluding steroid dienone is 2. The Bertz CT molecular complexity index is 747. The third-order valence-electron chi connectivity index (χ3n) is 2.76. The quantitative estimate of drug-likeness (QED) is 0.793. The molecule has 1 aliphatic rings. The van der Waals surface area contributed by atoms with Gasteiger partial charge in [-0.25, -0.2) is 0 Å². The van der Waals surface area contributed by atoms with E-state index >= 15 is 0 Å². The van der Waals surface area contributed by atoms with E-state index in [1.54, 1.807) is 0 Å². The van der Waals surface area contributed by atoms with Crippen LogP contribution in [0.5, 0.6) is 0 Å². The van der Waals surface area contributed by atoms with Crippen molar-refractivity contribution < 1.29 is 0 Å². The molecule has 1 aliphatic carbocycles. The number of hydrogen-bond acceptors (Lipinski definition) is 6. The van der Waals surface area contributed by atoms with Crippen LogP contribution in [0, 0.1) is 45.3 Å². The van der Waals surface area contributed by atoms with Gasteiger partial charge in [0.15, 0.2) is 0 Å². The van der Waals surface area contributed by atoms with E-state index in [2.05, 4.69) is 0 Å². The molecule has 98 valence electrons. The first kappa shape index (κ1) is 14.8. The van der Waals surface area contributed by atoms with E-state index in [0.717, 1.165) is 4.90 Å². The zero-order valence-corrected chi connectivity index (χ0v) is 12.2. The molecule has 1 aromatic carbocycles. The maximum Gasteiger partial charge on any atom is 0.102 e. The van der Waals surface area contributed by atoms with Gasteiger partial charge in [0, 0.05) is 4.90 Å². The Kier molecular flexibility index (Phi) is 4.70. The fourth-order valence-electron chi connectivity index (χ4n) is 1.81. The van der Waals surface area contributed by atoms with Crippen molar-refractivity contribution in [2.45, 2.75) is 10.1 Å². The van der Waals surface area contributed by atoms with E-state index in [9.17, 15) is 10.5 Å². The van der Waals surface area contributed by atoms with E-state index < -0.39 is 5.25 Å². The average Bonchev–Trinajstić information content (AvgIpc) is 2.85. The summed E-state index contributed by atoms with van der Waals surface area (Å²) in [6, 6.07) is 17.1. The highest BCUT2D eigenvalue weighted by atomic mass is 33.1. The summed E-state index contributed by atoms with van der Waals surface area (Å²) in [6.45, 7) is 0. The topological polar surface area (TPSA) is 95.2 Å². The molecular formula is C15H6N4S2. The molecule has 6 heteroatoms. The smallest absolute Gasteiger partial charge is 0.102 e. The lowest BCUT2D eigenvalue weighted by atomic mass is 10.1. The number of nitrogens with zero attached hydrogens (tertiary/aromatic N) is 4. The van der Waals surface area contributed by atoms with Gasteiger partial charge in [0.05, 0.1) is 39.7 Å². The maximum atomic E-state index is 9.23. The molecule has 0 saturated carbocycles. The van der Waals surface area contributed by atoms with Crippen LogP contribution in [0.15, 0.2) is 57.5 Å². The van der Waals surface area contributed by atoms with Gasteiger partial charge in [0.25, 0.3) is 0 Å². The van der Waals surface area contributed by atoms with Gasteiger partial charge in [-0.15, -0.1) is 0 Å². The average molecular weight is 306 g/mol. The molecule has 0 spiro atoms. The molecule has 0 N–H and O–H groups in total. The molecule has 0 atom stereocenters. The van der Waals surface area contributed by atoms with Crippen molar-refractivity contribution in [2.75, 3.05) is 0 Å². The molecule has 21 heavy (non-hydrogen) atoms. The summed E-state index contributed by atoms with van der Waals surface area (Å²) in [5.41, 5.74) is 0.392. The zero-order chi connectivity index (χ0) is 15.2. The fraction of sp³-hybridized carbons (Fsp3) is 0.0667. The van der Waals surface area contributed by atoms with E-state index in [4.69, 9.17) is 10.5 Å². The summed E-state index contributed by atoms with van der Waals surface area (Å²) >= 11 is 0. The number of benzene rings is 1. The van der Waals surface area contributed by atoms with E-state index in [1.807, 2.05) is 54.6 Å². The van der Waals surface area contributed by atoms with E-state index in [1.165, 1.54) is 21.6 Å². The van der Waals surface area contributed by atoms with Crippen LogP contribution in [-0.4, -0.2) is 5.25 Å². The summed E-state index contributed by atoms with van der Waals surface area (Å²) in [4.78, 5) is 0.973. The minimum Gasteiger partial charge on any atom is -0.193 e. The molecule has 4 nitrogen and oxygen atoms in total. The highest BCUT2D eigenvalue weighted by molar-refractivity contribution is 8.77. The Morgan fingerprint density at radius 3 is 1.71 bits per heavy atom. The van der Waals surface area contributed by atoms with E-state index in [0.29, 0.717) is 0 Å². The fourth-order valence-corrected chi connectivity index (χ4v) is 4.35. The van der Waals surface area contributed by atoms with Crippen molar-refractivity contribution in [3.8, 4) is 24.3 Å². The Hall–Kier alpha value is -2.64. The number of rotatable bonds is 3. The molecule has 0 radical (unpaired) electrons. The monoisotopic (exact) mass is 306 g/mol. The normalized spacial score (nSPS) is 14.3. The van der Waals surface area contributed by atoms with Crippen molar-refractivity contribution >= 4 is 21.6 Å². The second-order valence-electron chi connectivity index (χ2n) is 3.90. The van der Waals surface area contributed by atoms with Crippen LogP contribution < -0.4 is 0 Å². The molecule has 0 bridgehead atoms. The first-order valence-corrected chi connectivity index (χ1v) is 7.95. The van der Waals surface area contributed by atoms with Crippen molar-refractivity contribution in [2.24, 2.45) is 0 Å². The van der Waals surface area contributed by atoms with Gasteiger partial charge in [0.1, 0.15) is 12.1 Å². The molecule has 0 heterocycles. The van der Waals surface area contributed by atoms with Crippen LogP contribution >= 0.6 is 21.6 Å². The second kappa shape index (κ2) is 6.69. The standard InChI is InChI=1S/C15H6N4S2/c16-6-11-12(7-17)14(9-19)15(13(11)8-18)21-20-10-4-2-1-3-5-10/h1-5,15H. The van der Waals surface area contributed by atoms with Crippen LogP contribution in [0.3, 0.4) is 0 Å². The van der Waals surface area contributed by atoms with Gasteiger partial charge in [-0.2, -0.15) is 21.0 Å². The molecule has 0 unspecified atom stereocenters. The van der Waals surface area contributed by atoms with Crippen LogP contribution in [0.1, 0.15) is 0 Å². The highest BCUT2D eigenvalue weighted by Crippen LogP contribution is 2.45. The Morgan fingerprint density at radius 1 is 0.762 bits per heavy atom. The minimum absolute atomic E-state index is 0.0164. The van der Waals surface area contributed by atoms with Gasteiger partial charge in [0.2, 0.25) is 0 Å². The Balaban J connectivity index is 2.34. The van der Waals surface area contributed by atoms with Gasteiger partial charge < -0.3 is 0 Å². The van der Waals surface area contributed by atoms with Crippen molar-refractivity contribution in [3.63, 3.8) is 0 Å². The second-order valence-corrected chi connectivity index (χ2v) is 6.28. The predicted molar refractivity (Wildman–Crippen MR) is 80.2 cm³/mol. The molecule has 0 aliphatic heterocycles. The zero-order valence-electron chi connectivity index (χ0n) is 10.6. The van der Waals surface area contributed by atoms with Gasteiger partial charge in [-0.05, 0) is 12.1 Å². The third-order valence-corrected chi connectivity index (χ3v) is 5.43. The first-order valence-electron chi connectivity index (χ1n) is 5.74. The van der Waals surface area contributed by atoms with Crippen molar-refractivity contribution in [1.82, 2.24) is 0 Å². The molecule has 1 aromatic rings. The van der Waals surface area contributed by atoms with Crippen molar-refractivity contribution in [1.29, 1.82) is 21.0 Å². The van der Waals surface area contributed by atoms with Gasteiger partial charge in [-0.3, -0.25) is 0 Å². The van der Waals surface area contributed by atoms with Crippen LogP contribution in [0.4, 0.5) is 0 Å². The van der Waals surface area contributed by atoms with Crippen LogP contribution in [0.2, 0.25) is 0 Å². The number of nitriles is 4. The Morgan fingerprint density at radius 2 is 1.29 bits per heavy atom. The van der Waals surface area contributed by atoms with E-state index in [-0.39, 0.29) is 22.3 Å². The predicted octanol–water partition coefficient (Wildman–Crippen LogP) is 3.50. The van der Waals surface area contributed by atoms with Gasteiger partial charge >= 0.3 is 0 Å². The first-order chi connectivity index (χ1) is 10.3. The summed E-state index contributed by atoms with van der Waals surface area (Å²) < 4.78 is 0. The largest absolute Gasteiger partial charge is 0.193 e. The molecular weight excluding hydrogens is 300 g/mol. The highest BCUT2D eigenvalue weighted by Gasteiger charge is 2.35. The van der Waals surface area contributed by atoms with Crippen molar-refractivity contribution in [3.05, 3.63) is 52.6 Å². The lowest BCUT2D eigenvalue weighted by Gasteiger charge is -2.09. The molecule has 0 saturated heterocycles. The SMILES string of the molecule is N#CC1=C(C#N)C(SSc2ccccc2)C(C#N)=C1C#N. The third kappa shape index (κ3) is 2.78. The molecule has 0 aromatic heterocycles. The molecule has 0 amide bonds. The lowest BCUT2D eigenvalue weighted by Crippen LogP contribution is -2.03. The summed E-state index contributed by atoms with van der Waals surface area (Å²) in [7, 11) is 2.70. The number of hydrogen-bond donors (Lipinski definition) is 0. The summed E-state index contributed by atoms with van der Waals surface area (Å²) in [5.74, 6) is 0. The van der Waals surface area contributed by atoms with Gasteiger partial charge in [-0.1, -0.05) is 39.8 Å². The minimum atomic E-state index is -0.575. The van der Waals surface area contributed by atoms with Crippen LogP contribution in [0.25, 0.3) is 0 Å². The maximum absolute atomic E-state index is 9.23.